The minimum Gasteiger partial charge on any atom is -0.349 e. The van der Waals surface area contributed by atoms with Gasteiger partial charge in [0.2, 0.25) is 5.91 Å². The van der Waals surface area contributed by atoms with Crippen LogP contribution in [0.25, 0.3) is 0 Å². The summed E-state index contributed by atoms with van der Waals surface area (Å²) in [6, 6.07) is 20.4. The van der Waals surface area contributed by atoms with Crippen LogP contribution in [-0.2, 0) is 10.2 Å². The normalized spacial score (nSPS) is 18.1. The summed E-state index contributed by atoms with van der Waals surface area (Å²) in [5.41, 5.74) is 1.84. The summed E-state index contributed by atoms with van der Waals surface area (Å²) >= 11 is 0. The molecule has 2 aromatic rings. The van der Waals surface area contributed by atoms with Gasteiger partial charge in [-0.3, -0.25) is 4.79 Å². The van der Waals surface area contributed by atoms with Gasteiger partial charge >= 0.3 is 0 Å². The number of rotatable bonds is 4. The lowest BCUT2D eigenvalue weighted by atomic mass is 9.72. The van der Waals surface area contributed by atoms with E-state index in [4.69, 9.17) is 0 Å². The molecule has 2 aromatic carbocycles. The van der Waals surface area contributed by atoms with E-state index in [1.807, 2.05) is 43.3 Å². The third-order valence-electron chi connectivity index (χ3n) is 4.87. The summed E-state index contributed by atoms with van der Waals surface area (Å²) in [6.07, 6.45) is 1.68. The molecule has 0 aromatic heterocycles. The van der Waals surface area contributed by atoms with Crippen molar-refractivity contribution in [1.82, 2.24) is 10.6 Å². The molecule has 0 radical (unpaired) electrons. The number of hydrogen-bond acceptors (Lipinski definition) is 2. The van der Waals surface area contributed by atoms with Crippen LogP contribution in [0.2, 0.25) is 0 Å². The van der Waals surface area contributed by atoms with E-state index in [2.05, 4.69) is 34.9 Å². The van der Waals surface area contributed by atoms with E-state index in [1.165, 1.54) is 0 Å². The highest BCUT2D eigenvalue weighted by Gasteiger charge is 2.41. The SMILES string of the molecule is CC(NC(=O)C1(c2ccccc2)CCNCC1)c1ccccc1. The Morgan fingerprint density at radius 1 is 1.00 bits per heavy atom. The first-order valence-electron chi connectivity index (χ1n) is 8.34. The molecule has 1 amide bonds. The Morgan fingerprint density at radius 2 is 1.57 bits per heavy atom. The zero-order chi connectivity index (χ0) is 16.1. The molecule has 2 N–H and O–H groups in total. The molecule has 1 fully saturated rings. The summed E-state index contributed by atoms with van der Waals surface area (Å²) in [4.78, 5) is 13.2. The van der Waals surface area contributed by atoms with E-state index in [0.717, 1.165) is 37.1 Å². The maximum Gasteiger partial charge on any atom is 0.231 e. The Balaban J connectivity index is 1.84. The summed E-state index contributed by atoms with van der Waals surface area (Å²) in [6.45, 7) is 3.80. The van der Waals surface area contributed by atoms with Crippen molar-refractivity contribution >= 4 is 5.91 Å². The molecular formula is C20H24N2O. The molecule has 3 nitrogen and oxygen atoms in total. The average Bonchev–Trinajstić information content (AvgIpc) is 2.63. The van der Waals surface area contributed by atoms with Gasteiger partial charge in [0.1, 0.15) is 0 Å². The second kappa shape index (κ2) is 6.97. The summed E-state index contributed by atoms with van der Waals surface area (Å²) in [7, 11) is 0. The molecule has 1 saturated heterocycles. The molecule has 3 rings (SSSR count). The number of nitrogens with one attached hydrogen (secondary N) is 2. The summed E-state index contributed by atoms with van der Waals surface area (Å²) < 4.78 is 0. The highest BCUT2D eigenvalue weighted by Crippen LogP contribution is 2.34. The molecule has 1 aliphatic heterocycles. The predicted octanol–water partition coefficient (Wildman–Crippen LogP) is 3.19. The molecule has 3 heteroatoms. The van der Waals surface area contributed by atoms with E-state index < -0.39 is 5.41 Å². The van der Waals surface area contributed by atoms with E-state index in [1.54, 1.807) is 0 Å². The van der Waals surface area contributed by atoms with Gasteiger partial charge in [-0.2, -0.15) is 0 Å². The van der Waals surface area contributed by atoms with Gasteiger partial charge in [0.05, 0.1) is 11.5 Å². The van der Waals surface area contributed by atoms with Crippen molar-refractivity contribution in [2.24, 2.45) is 0 Å². The van der Waals surface area contributed by atoms with Crippen molar-refractivity contribution in [2.75, 3.05) is 13.1 Å². The van der Waals surface area contributed by atoms with E-state index in [0.29, 0.717) is 0 Å². The molecule has 23 heavy (non-hydrogen) atoms. The largest absolute Gasteiger partial charge is 0.349 e. The van der Waals surface area contributed by atoms with Crippen LogP contribution in [-0.4, -0.2) is 19.0 Å². The zero-order valence-corrected chi connectivity index (χ0v) is 13.6. The van der Waals surface area contributed by atoms with Crippen molar-refractivity contribution in [1.29, 1.82) is 0 Å². The fourth-order valence-corrected chi connectivity index (χ4v) is 3.42. The fraction of sp³-hybridized carbons (Fsp3) is 0.350. The first-order chi connectivity index (χ1) is 11.2. The monoisotopic (exact) mass is 308 g/mol. The molecule has 1 aliphatic rings. The Hall–Kier alpha value is -2.13. The molecule has 0 aliphatic carbocycles. The molecule has 0 bridgehead atoms. The van der Waals surface area contributed by atoms with Crippen LogP contribution in [0, 0.1) is 0 Å². The lowest BCUT2D eigenvalue weighted by Crippen LogP contribution is -2.51. The highest BCUT2D eigenvalue weighted by atomic mass is 16.2. The molecule has 0 spiro atoms. The third-order valence-corrected chi connectivity index (χ3v) is 4.87. The number of hydrogen-bond donors (Lipinski definition) is 2. The minimum absolute atomic E-state index is 0.0131. The Kier molecular flexibility index (Phi) is 4.77. The Morgan fingerprint density at radius 3 is 2.17 bits per heavy atom. The predicted molar refractivity (Wildman–Crippen MR) is 93.2 cm³/mol. The maximum absolute atomic E-state index is 13.2. The van der Waals surface area contributed by atoms with Gasteiger partial charge in [-0.1, -0.05) is 60.7 Å². The summed E-state index contributed by atoms with van der Waals surface area (Å²) in [5.74, 6) is 0.140. The molecule has 1 atom stereocenters. The number of carbonyl (C=O) groups excluding carboxylic acids is 1. The van der Waals surface area contributed by atoms with Crippen molar-refractivity contribution in [2.45, 2.75) is 31.2 Å². The summed E-state index contributed by atoms with van der Waals surface area (Å²) in [5, 5.41) is 6.61. The van der Waals surface area contributed by atoms with Crippen LogP contribution in [0.5, 0.6) is 0 Å². The molecule has 120 valence electrons. The van der Waals surface area contributed by atoms with Crippen molar-refractivity contribution in [3.8, 4) is 0 Å². The van der Waals surface area contributed by atoms with E-state index in [-0.39, 0.29) is 11.9 Å². The van der Waals surface area contributed by atoms with Crippen LogP contribution in [0.15, 0.2) is 60.7 Å². The van der Waals surface area contributed by atoms with Gasteiger partial charge < -0.3 is 10.6 Å². The third kappa shape index (κ3) is 3.30. The van der Waals surface area contributed by atoms with E-state index >= 15 is 0 Å². The van der Waals surface area contributed by atoms with Gasteiger partial charge in [-0.15, -0.1) is 0 Å². The van der Waals surface area contributed by atoms with Gasteiger partial charge in [-0.05, 0) is 44.0 Å². The minimum atomic E-state index is -0.421. The van der Waals surface area contributed by atoms with Gasteiger partial charge in [0.15, 0.2) is 0 Å². The second-order valence-electron chi connectivity index (χ2n) is 6.30. The van der Waals surface area contributed by atoms with Gasteiger partial charge in [0.25, 0.3) is 0 Å². The number of amides is 1. The van der Waals surface area contributed by atoms with Crippen molar-refractivity contribution < 1.29 is 4.79 Å². The van der Waals surface area contributed by atoms with Crippen LogP contribution >= 0.6 is 0 Å². The quantitative estimate of drug-likeness (QED) is 0.911. The van der Waals surface area contributed by atoms with E-state index in [9.17, 15) is 4.79 Å². The number of carbonyl (C=O) groups is 1. The van der Waals surface area contributed by atoms with Crippen LogP contribution in [0.4, 0.5) is 0 Å². The first-order valence-corrected chi connectivity index (χ1v) is 8.34. The topological polar surface area (TPSA) is 41.1 Å². The zero-order valence-electron chi connectivity index (χ0n) is 13.6. The number of piperidine rings is 1. The molecular weight excluding hydrogens is 284 g/mol. The van der Waals surface area contributed by atoms with Gasteiger partial charge in [-0.25, -0.2) is 0 Å². The van der Waals surface area contributed by atoms with Crippen LogP contribution in [0.3, 0.4) is 0 Å². The Labute approximate surface area is 138 Å². The molecule has 1 unspecified atom stereocenters. The lowest BCUT2D eigenvalue weighted by molar-refractivity contribution is -0.128. The second-order valence-corrected chi connectivity index (χ2v) is 6.30. The van der Waals surface area contributed by atoms with Gasteiger partial charge in [0, 0.05) is 0 Å². The standard InChI is InChI=1S/C20H24N2O/c1-16(17-8-4-2-5-9-17)22-19(23)20(12-14-21-15-13-20)18-10-6-3-7-11-18/h2-11,16,21H,12-15H2,1H3,(H,22,23). The van der Waals surface area contributed by atoms with Crippen molar-refractivity contribution in [3.05, 3.63) is 71.8 Å². The Bertz CT molecular complexity index is 633. The maximum atomic E-state index is 13.2. The smallest absolute Gasteiger partial charge is 0.231 e. The van der Waals surface area contributed by atoms with Crippen LogP contribution in [0.1, 0.15) is 36.9 Å². The molecule has 1 heterocycles. The number of benzene rings is 2. The van der Waals surface area contributed by atoms with Crippen LogP contribution < -0.4 is 10.6 Å². The molecule has 0 saturated carbocycles. The highest BCUT2D eigenvalue weighted by molar-refractivity contribution is 5.88. The fourth-order valence-electron chi connectivity index (χ4n) is 3.42. The first kappa shape index (κ1) is 15.8. The lowest BCUT2D eigenvalue weighted by Gasteiger charge is -2.37. The average molecular weight is 308 g/mol. The van der Waals surface area contributed by atoms with Crippen molar-refractivity contribution in [3.63, 3.8) is 0 Å².